The van der Waals surface area contributed by atoms with Crippen LogP contribution < -0.4 is 21.9 Å². The molecule has 0 aliphatic rings. The van der Waals surface area contributed by atoms with Crippen LogP contribution in [0.4, 0.5) is 10.3 Å². The van der Waals surface area contributed by atoms with Crippen LogP contribution in [0.25, 0.3) is 22.5 Å². The van der Waals surface area contributed by atoms with Crippen LogP contribution in [-0.2, 0) is 33.5 Å². The highest BCUT2D eigenvalue weighted by molar-refractivity contribution is 7.46. The summed E-state index contributed by atoms with van der Waals surface area (Å²) in [7, 11) is -0.328. The fourth-order valence-electron chi connectivity index (χ4n) is 3.84. The van der Waals surface area contributed by atoms with Crippen molar-refractivity contribution < 1.29 is 31.7 Å². The summed E-state index contributed by atoms with van der Waals surface area (Å²) in [5.41, 5.74) is 6.90. The minimum Gasteiger partial charge on any atom is -0.494 e. The third kappa shape index (κ3) is 6.87. The molecule has 1 unspecified atom stereocenters. The largest absolute Gasteiger partial charge is 0.519 e. The van der Waals surface area contributed by atoms with Crippen LogP contribution in [0.5, 0.6) is 5.75 Å². The van der Waals surface area contributed by atoms with E-state index in [1.54, 1.807) is 34.9 Å². The average molecular weight is 585 g/mol. The Morgan fingerprint density at radius 2 is 1.90 bits per heavy atom. The SMILES string of the molecule is COc1ccc(COP(COCCn2cnc3c(=O)[nH]c(N)nc32)OCc2oc(=O)oc2-c2ccccc2)cc1F. The first-order chi connectivity index (χ1) is 19.9. The maximum atomic E-state index is 14.2. The molecule has 15 heteroatoms. The lowest BCUT2D eigenvalue weighted by Crippen LogP contribution is -2.13. The number of hydrogen-bond acceptors (Lipinski definition) is 11. The van der Waals surface area contributed by atoms with E-state index in [4.69, 9.17) is 33.1 Å². The van der Waals surface area contributed by atoms with Gasteiger partial charge < -0.3 is 37.7 Å². The van der Waals surface area contributed by atoms with Gasteiger partial charge in [-0.15, -0.1) is 0 Å². The molecule has 0 aliphatic heterocycles. The van der Waals surface area contributed by atoms with E-state index < -0.39 is 25.6 Å². The van der Waals surface area contributed by atoms with Gasteiger partial charge in [0.15, 0.2) is 42.6 Å². The standard InChI is InChI=1S/C26H25FN5O8P/c1-35-19-8-7-16(11-18(19)27)12-37-41(38-13-20-22(40-26(34)39-20)17-5-3-2-4-6-17)15-36-10-9-32-14-29-21-23(32)30-25(28)31-24(21)33/h2-8,11,14H,9-10,12-13,15H2,1H3,(H3,28,30,31,33). The van der Waals surface area contributed by atoms with Crippen LogP contribution in [0.3, 0.4) is 0 Å². The molecule has 3 aromatic heterocycles. The van der Waals surface area contributed by atoms with Gasteiger partial charge in [0.05, 0.1) is 26.7 Å². The molecule has 0 amide bonds. The maximum Gasteiger partial charge on any atom is 0.519 e. The number of fused-ring (bicyclic) bond motifs is 1. The number of nitrogen functional groups attached to an aromatic ring is 1. The molecule has 41 heavy (non-hydrogen) atoms. The molecule has 0 spiro atoms. The number of hydrogen-bond donors (Lipinski definition) is 2. The van der Waals surface area contributed by atoms with Crippen LogP contribution >= 0.6 is 8.38 Å². The fraction of sp³-hybridized carbons (Fsp3) is 0.231. The molecular formula is C26H25FN5O8P. The van der Waals surface area contributed by atoms with Gasteiger partial charge in [0.2, 0.25) is 5.95 Å². The smallest absolute Gasteiger partial charge is 0.494 e. The molecule has 1 atom stereocenters. The van der Waals surface area contributed by atoms with E-state index in [1.807, 2.05) is 6.07 Å². The van der Waals surface area contributed by atoms with Crippen LogP contribution in [0.15, 0.2) is 73.3 Å². The van der Waals surface area contributed by atoms with E-state index in [0.29, 0.717) is 23.3 Å². The highest BCUT2D eigenvalue weighted by Crippen LogP contribution is 2.41. The summed E-state index contributed by atoms with van der Waals surface area (Å²) in [5, 5.41) is 0. The highest BCUT2D eigenvalue weighted by Gasteiger charge is 2.20. The minimum absolute atomic E-state index is 0.0220. The lowest BCUT2D eigenvalue weighted by atomic mass is 10.1. The number of ether oxygens (including phenoxy) is 2. The van der Waals surface area contributed by atoms with Crippen molar-refractivity contribution in [3.63, 3.8) is 0 Å². The minimum atomic E-state index is -1.71. The quantitative estimate of drug-likeness (QED) is 0.152. The highest BCUT2D eigenvalue weighted by atomic mass is 31.2. The molecule has 0 aliphatic carbocycles. The number of rotatable bonds is 13. The second-order valence-corrected chi connectivity index (χ2v) is 9.96. The van der Waals surface area contributed by atoms with Gasteiger partial charge in [-0.2, -0.15) is 4.98 Å². The van der Waals surface area contributed by atoms with Crippen LogP contribution in [0.1, 0.15) is 11.3 Å². The second-order valence-electron chi connectivity index (χ2n) is 8.52. The van der Waals surface area contributed by atoms with E-state index in [0.717, 1.165) is 0 Å². The van der Waals surface area contributed by atoms with Crippen molar-refractivity contribution in [2.24, 2.45) is 0 Å². The Balaban J connectivity index is 1.25. The Labute approximate surface area is 232 Å². The van der Waals surface area contributed by atoms with Crippen molar-refractivity contribution >= 4 is 25.5 Å². The van der Waals surface area contributed by atoms with Gasteiger partial charge >= 0.3 is 5.82 Å². The number of benzene rings is 2. The van der Waals surface area contributed by atoms with Crippen molar-refractivity contribution in [2.45, 2.75) is 19.8 Å². The number of nitrogens with two attached hydrogens (primary N) is 1. The first-order valence-corrected chi connectivity index (χ1v) is 13.6. The fourth-order valence-corrected chi connectivity index (χ4v) is 4.89. The summed E-state index contributed by atoms with van der Waals surface area (Å²) < 4.78 is 48.9. The third-order valence-corrected chi connectivity index (χ3v) is 7.01. The zero-order valence-electron chi connectivity index (χ0n) is 21.7. The van der Waals surface area contributed by atoms with Crippen molar-refractivity contribution in [1.29, 1.82) is 0 Å². The topological polar surface area (TPSA) is 170 Å². The van der Waals surface area contributed by atoms with Gasteiger partial charge in [-0.25, -0.2) is 14.2 Å². The monoisotopic (exact) mass is 585 g/mol. The first kappa shape index (κ1) is 28.2. The number of imidazole rings is 1. The molecule has 0 saturated carbocycles. The summed E-state index contributed by atoms with van der Waals surface area (Å²) in [6.07, 6.45) is 1.50. The number of nitrogens with zero attached hydrogens (tertiary/aromatic N) is 3. The lowest BCUT2D eigenvalue weighted by Gasteiger charge is -2.18. The van der Waals surface area contributed by atoms with Gasteiger partial charge in [0.1, 0.15) is 13.0 Å². The Morgan fingerprint density at radius 1 is 1.10 bits per heavy atom. The molecule has 2 aromatic carbocycles. The van der Waals surface area contributed by atoms with Gasteiger partial charge in [-0.3, -0.25) is 9.78 Å². The predicted molar refractivity (Wildman–Crippen MR) is 146 cm³/mol. The number of aromatic amines is 1. The number of H-pyrrole nitrogens is 1. The van der Waals surface area contributed by atoms with Gasteiger partial charge in [-0.05, 0) is 17.7 Å². The van der Waals surface area contributed by atoms with E-state index in [-0.39, 0.29) is 54.9 Å². The molecular weight excluding hydrogens is 560 g/mol. The van der Waals surface area contributed by atoms with Crippen LogP contribution in [0, 0.1) is 5.82 Å². The summed E-state index contributed by atoms with van der Waals surface area (Å²) in [6, 6.07) is 13.5. The normalized spacial score (nSPS) is 12.1. The molecule has 5 aromatic rings. The van der Waals surface area contributed by atoms with E-state index >= 15 is 0 Å². The Morgan fingerprint density at radius 3 is 2.68 bits per heavy atom. The summed E-state index contributed by atoms with van der Waals surface area (Å²) >= 11 is 0. The van der Waals surface area contributed by atoms with Gasteiger partial charge in [-0.1, -0.05) is 36.4 Å². The summed E-state index contributed by atoms with van der Waals surface area (Å²) in [6.45, 7) is 0.391. The lowest BCUT2D eigenvalue weighted by molar-refractivity contribution is 0.136. The number of halogens is 1. The number of anilines is 1. The second kappa shape index (κ2) is 12.9. The molecule has 0 fully saturated rings. The average Bonchev–Trinajstić information content (AvgIpc) is 3.55. The molecule has 0 bridgehead atoms. The van der Waals surface area contributed by atoms with E-state index in [9.17, 15) is 14.0 Å². The van der Waals surface area contributed by atoms with E-state index in [1.165, 1.54) is 25.6 Å². The summed E-state index contributed by atoms with van der Waals surface area (Å²) in [4.78, 5) is 34.5. The molecule has 3 heterocycles. The first-order valence-electron chi connectivity index (χ1n) is 12.2. The predicted octanol–water partition coefficient (Wildman–Crippen LogP) is 3.78. The molecule has 3 N–H and O–H groups in total. The number of aromatic nitrogens is 4. The Hall–Kier alpha value is -4.36. The maximum absolute atomic E-state index is 14.2. The van der Waals surface area contributed by atoms with Crippen molar-refractivity contribution in [2.75, 3.05) is 25.8 Å². The zero-order chi connectivity index (χ0) is 28.8. The summed E-state index contributed by atoms with van der Waals surface area (Å²) in [5.74, 6) is -0.860. The van der Waals surface area contributed by atoms with Crippen molar-refractivity contribution in [1.82, 2.24) is 19.5 Å². The Bertz CT molecular complexity index is 1740. The third-order valence-electron chi connectivity index (χ3n) is 5.78. The number of nitrogens with one attached hydrogen (secondary N) is 1. The van der Waals surface area contributed by atoms with Crippen molar-refractivity contribution in [3.8, 4) is 17.1 Å². The van der Waals surface area contributed by atoms with Gasteiger partial charge in [0, 0.05) is 12.1 Å². The van der Waals surface area contributed by atoms with Crippen LogP contribution in [0.2, 0.25) is 0 Å². The number of methoxy groups -OCH3 is 1. The zero-order valence-corrected chi connectivity index (χ0v) is 22.6. The molecule has 214 valence electrons. The molecule has 5 rings (SSSR count). The Kier molecular flexibility index (Phi) is 8.85. The van der Waals surface area contributed by atoms with Crippen molar-refractivity contribution in [3.05, 3.63) is 93.0 Å². The van der Waals surface area contributed by atoms with Gasteiger partial charge in [0.25, 0.3) is 5.56 Å². The van der Waals surface area contributed by atoms with Crippen LogP contribution in [-0.4, -0.2) is 39.6 Å². The molecule has 13 nitrogen and oxygen atoms in total. The molecule has 0 radical (unpaired) electrons. The van der Waals surface area contributed by atoms with E-state index in [2.05, 4.69) is 15.0 Å². The molecule has 0 saturated heterocycles.